The topological polar surface area (TPSA) is 237 Å². The summed E-state index contributed by atoms with van der Waals surface area (Å²) < 4.78 is 84.7. The average Bonchev–Trinajstić information content (AvgIpc) is 3.37. The number of piperidine rings is 1. The number of ether oxygens (including phenoxy) is 8. The quantitative estimate of drug-likeness (QED) is 0.125. The smallest absolute Gasteiger partial charge is 0.311 e. The lowest BCUT2D eigenvalue weighted by atomic mass is 9.74. The number of methoxy groups -OCH3 is 2. The van der Waals surface area contributed by atoms with Crippen molar-refractivity contribution in [3.8, 4) is 11.5 Å². The Kier molecular flexibility index (Phi) is 20.6. The average molecular weight is 1080 g/mol. The number of para-hydroxylation sites is 1. The number of likely N-dealkylation sites (N-methyl/N-ethyl adjacent to an activating group) is 1. The zero-order chi connectivity index (χ0) is 55.3. The molecule has 18 atom stereocenters. The van der Waals surface area contributed by atoms with E-state index in [0.717, 1.165) is 32.4 Å². The lowest BCUT2D eigenvalue weighted by Gasteiger charge is -2.55. The van der Waals surface area contributed by atoms with E-state index in [-0.39, 0.29) is 31.6 Å². The third kappa shape index (κ3) is 14.2. The van der Waals surface area contributed by atoms with Crippen molar-refractivity contribution in [2.24, 2.45) is 17.8 Å². The van der Waals surface area contributed by atoms with Crippen molar-refractivity contribution in [3.63, 3.8) is 0 Å². The molecule has 4 saturated heterocycles. The normalized spacial score (nSPS) is 40.2. The molecule has 0 amide bonds. The number of aliphatic hydroxyl groups excluding tert-OH is 1. The van der Waals surface area contributed by atoms with Gasteiger partial charge in [0.15, 0.2) is 18.7 Å². The van der Waals surface area contributed by atoms with Crippen molar-refractivity contribution in [3.05, 3.63) is 54.6 Å². The summed E-state index contributed by atoms with van der Waals surface area (Å²) in [7, 11) is 0.327. The molecule has 20 heteroatoms. The molecule has 426 valence electrons. The number of esters is 1. The highest BCUT2D eigenvalue weighted by Gasteiger charge is 2.59. The number of likely N-dealkylation sites (tertiary alicyclic amines) is 1. The van der Waals surface area contributed by atoms with Crippen molar-refractivity contribution in [2.45, 2.75) is 204 Å². The minimum absolute atomic E-state index is 0.0463. The lowest BCUT2D eigenvalue weighted by molar-refractivity contribution is -0.338. The van der Waals surface area contributed by atoms with Crippen LogP contribution >= 0.6 is 0 Å². The Morgan fingerprint density at radius 2 is 1.51 bits per heavy atom. The second kappa shape index (κ2) is 25.3. The number of hydrogen-bond donors (Lipinski definition) is 6. The molecule has 4 aliphatic rings. The first-order valence-corrected chi connectivity index (χ1v) is 28.4. The minimum Gasteiger partial charge on any atom is -0.497 e. The monoisotopic (exact) mass is 1080 g/mol. The Bertz CT molecular complexity index is 2220. The highest BCUT2D eigenvalue weighted by Crippen LogP contribution is 2.44. The van der Waals surface area contributed by atoms with Gasteiger partial charge in [0.1, 0.15) is 40.5 Å². The van der Waals surface area contributed by atoms with Crippen LogP contribution < -0.4 is 19.5 Å². The molecule has 19 nitrogen and oxygen atoms in total. The standard InChI is InChI=1S/C55H90N4O15S/c1-14-44-54(10,63)48(60)38(6)56-32-34(2)30-52(8,62)49(36(4)46(37(5)50(61)72-44)73-45-31-53(9,68-13)55(64,39(7)70-45)33-59-27-19-16-20-28-59)74-51-47(71-42-25-23-41(67-12)24-26-42)43(29-35(3)69-51)58(11)75(65,66)57-40-21-17-15-18-22-40/h15,17-18,21-26,34-39,43-49,51,56-57,60,62-64H,14,16,19-20,27-33H2,1-13H3/t34-,35+,36+,37-,38-,39+,43-,44-,45+,46+,47+,48-,49-,51-,52-,53-,54-,55+/m1/s1. The van der Waals surface area contributed by atoms with Crippen molar-refractivity contribution in [1.29, 1.82) is 0 Å². The van der Waals surface area contributed by atoms with Crippen LogP contribution in [-0.2, 0) is 43.4 Å². The molecule has 0 unspecified atom stereocenters. The van der Waals surface area contributed by atoms with E-state index in [1.54, 1.807) is 110 Å². The molecule has 2 aromatic rings. The molecule has 0 radical (unpaired) electrons. The van der Waals surface area contributed by atoms with Crippen LogP contribution in [0.2, 0.25) is 0 Å². The predicted molar refractivity (Wildman–Crippen MR) is 283 cm³/mol. The fourth-order valence-electron chi connectivity index (χ4n) is 11.9. The Labute approximate surface area is 446 Å². The molecule has 4 heterocycles. The fraction of sp³-hybridized carbons (Fsp3) is 0.764. The zero-order valence-corrected chi connectivity index (χ0v) is 47.5. The largest absolute Gasteiger partial charge is 0.497 e. The van der Waals surface area contributed by atoms with Gasteiger partial charge < -0.3 is 68.5 Å². The number of nitrogens with one attached hydrogen (secondary N) is 2. The SMILES string of the molecule is CC[C@H]1OC(=O)[C@H](C)[C@@H](O[C@H]2C[C@@](C)(OC)[C@](O)(CN3CCCCC3)[C@H](C)O2)[C@H](C)[C@@H](O[C@H]2O[C@@H](C)C[C@@H](N(C)S(=O)(=O)Nc3ccccc3)[C@@H]2Oc2ccc(OC)cc2)[C@](C)(O)C[C@@H](C)CN[C@H](C)[C@@H](O)[C@]1(C)O. The van der Waals surface area contributed by atoms with E-state index in [1.807, 2.05) is 20.8 Å². The maximum atomic E-state index is 14.8. The van der Waals surface area contributed by atoms with E-state index in [4.69, 9.17) is 37.9 Å². The van der Waals surface area contributed by atoms with Gasteiger partial charge in [-0.25, -0.2) is 0 Å². The molecule has 0 bridgehead atoms. The molecule has 4 aliphatic heterocycles. The third-order valence-corrected chi connectivity index (χ3v) is 18.1. The number of β-amino-alcohol motifs (C(OH)–C–C–N with tert-alkyl or cyclic N) is 1. The highest BCUT2D eigenvalue weighted by atomic mass is 32.2. The molecule has 4 fully saturated rings. The number of hydrogen-bond acceptors (Lipinski definition) is 17. The lowest BCUT2D eigenvalue weighted by Crippen LogP contribution is -2.70. The van der Waals surface area contributed by atoms with Crippen LogP contribution in [0.3, 0.4) is 0 Å². The molecular formula is C55H90N4O15S. The first kappa shape index (κ1) is 61.0. The Balaban J connectivity index is 1.45. The first-order valence-electron chi connectivity index (χ1n) is 27.0. The van der Waals surface area contributed by atoms with Crippen LogP contribution in [-0.4, -0.2) is 181 Å². The van der Waals surface area contributed by atoms with Gasteiger partial charge >= 0.3 is 16.2 Å². The van der Waals surface area contributed by atoms with Gasteiger partial charge in [0, 0.05) is 44.8 Å². The van der Waals surface area contributed by atoms with Gasteiger partial charge in [0.05, 0.1) is 49.1 Å². The number of carbonyl (C=O) groups is 1. The van der Waals surface area contributed by atoms with Gasteiger partial charge in [0.2, 0.25) is 0 Å². The van der Waals surface area contributed by atoms with Crippen molar-refractivity contribution >= 4 is 21.9 Å². The summed E-state index contributed by atoms with van der Waals surface area (Å²) in [5.74, 6) is -2.18. The van der Waals surface area contributed by atoms with E-state index in [0.29, 0.717) is 30.3 Å². The van der Waals surface area contributed by atoms with Gasteiger partial charge in [-0.2, -0.15) is 12.7 Å². The number of cyclic esters (lactones) is 1. The molecule has 6 rings (SSSR count). The summed E-state index contributed by atoms with van der Waals surface area (Å²) >= 11 is 0. The molecule has 0 aliphatic carbocycles. The predicted octanol–water partition coefficient (Wildman–Crippen LogP) is 5.24. The van der Waals surface area contributed by atoms with Gasteiger partial charge in [-0.1, -0.05) is 45.4 Å². The molecule has 75 heavy (non-hydrogen) atoms. The second-order valence-electron chi connectivity index (χ2n) is 22.6. The number of nitrogens with zero attached hydrogens (tertiary/aromatic N) is 2. The molecular weight excluding hydrogens is 989 g/mol. The Morgan fingerprint density at radius 3 is 2.12 bits per heavy atom. The number of anilines is 1. The second-order valence-corrected chi connectivity index (χ2v) is 24.4. The molecule has 0 saturated carbocycles. The van der Waals surface area contributed by atoms with Crippen molar-refractivity contribution in [1.82, 2.24) is 14.5 Å². The van der Waals surface area contributed by atoms with Crippen LogP contribution in [0.1, 0.15) is 114 Å². The summed E-state index contributed by atoms with van der Waals surface area (Å²) in [5.41, 5.74) is -5.94. The number of rotatable bonds is 15. The number of benzene rings is 2. The maximum Gasteiger partial charge on any atom is 0.311 e. The van der Waals surface area contributed by atoms with Crippen molar-refractivity contribution in [2.75, 3.05) is 52.2 Å². The molecule has 6 N–H and O–H groups in total. The van der Waals surface area contributed by atoms with Crippen molar-refractivity contribution < 1.29 is 71.5 Å². The highest BCUT2D eigenvalue weighted by molar-refractivity contribution is 7.90. The summed E-state index contributed by atoms with van der Waals surface area (Å²) in [4.78, 5) is 17.0. The summed E-state index contributed by atoms with van der Waals surface area (Å²) in [6.07, 6.45) is -6.31. The van der Waals surface area contributed by atoms with Crippen LogP contribution in [0.15, 0.2) is 54.6 Å². The fourth-order valence-corrected chi connectivity index (χ4v) is 13.0. The van der Waals surface area contributed by atoms with E-state index >= 15 is 0 Å². The first-order chi connectivity index (χ1) is 35.2. The molecule has 0 aromatic heterocycles. The number of aliphatic hydroxyl groups is 4. The van der Waals surface area contributed by atoms with Crippen LogP contribution in [0, 0.1) is 17.8 Å². The Hall–Kier alpha value is -3.22. The van der Waals surface area contributed by atoms with Gasteiger partial charge in [-0.3, -0.25) is 9.52 Å². The summed E-state index contributed by atoms with van der Waals surface area (Å²) in [5, 5.41) is 52.6. The van der Waals surface area contributed by atoms with Gasteiger partial charge in [-0.15, -0.1) is 0 Å². The minimum atomic E-state index is -4.24. The van der Waals surface area contributed by atoms with Crippen LogP contribution in [0.5, 0.6) is 11.5 Å². The van der Waals surface area contributed by atoms with Gasteiger partial charge in [0.25, 0.3) is 0 Å². The van der Waals surface area contributed by atoms with E-state index < -0.39 is 118 Å². The molecule has 0 spiro atoms. The Morgan fingerprint density at radius 1 is 0.867 bits per heavy atom. The van der Waals surface area contributed by atoms with Crippen LogP contribution in [0.4, 0.5) is 5.69 Å². The van der Waals surface area contributed by atoms with Gasteiger partial charge in [-0.05, 0) is 143 Å². The summed E-state index contributed by atoms with van der Waals surface area (Å²) in [6, 6.07) is 13.8. The maximum absolute atomic E-state index is 14.8. The van der Waals surface area contributed by atoms with E-state index in [1.165, 1.54) is 18.3 Å². The summed E-state index contributed by atoms with van der Waals surface area (Å²) in [6.45, 7) is 19.7. The molecule has 2 aromatic carbocycles. The van der Waals surface area contributed by atoms with E-state index in [2.05, 4.69) is 14.9 Å². The third-order valence-electron chi connectivity index (χ3n) is 16.6. The van der Waals surface area contributed by atoms with Crippen LogP contribution in [0.25, 0.3) is 0 Å². The zero-order valence-electron chi connectivity index (χ0n) is 46.6. The van der Waals surface area contributed by atoms with E-state index in [9.17, 15) is 33.6 Å². The number of carbonyl (C=O) groups excluding carboxylic acids is 1.